The number of rotatable bonds is 3. The standard InChI is InChI=1S/C8H17NO/c1-6(9(2)3)8-4-7(8)5-10/h6-8,10H,4-5H2,1-3H3/t6?,7?,8-/m1/s1. The molecule has 0 spiro atoms. The SMILES string of the molecule is CC([C@H]1CC1CO)N(C)C. The van der Waals surface area contributed by atoms with E-state index in [1.807, 2.05) is 0 Å². The molecule has 0 radical (unpaired) electrons. The van der Waals surface area contributed by atoms with Gasteiger partial charge in [-0.3, -0.25) is 0 Å². The monoisotopic (exact) mass is 143 g/mol. The zero-order valence-corrected chi connectivity index (χ0v) is 7.04. The van der Waals surface area contributed by atoms with E-state index in [0.717, 1.165) is 5.92 Å². The molecular formula is C8H17NO. The fraction of sp³-hybridized carbons (Fsp3) is 1.00. The highest BCUT2D eigenvalue weighted by atomic mass is 16.3. The second-order valence-corrected chi connectivity index (χ2v) is 3.55. The van der Waals surface area contributed by atoms with E-state index in [2.05, 4.69) is 25.9 Å². The van der Waals surface area contributed by atoms with Crippen molar-refractivity contribution in [1.29, 1.82) is 0 Å². The van der Waals surface area contributed by atoms with Gasteiger partial charge in [-0.15, -0.1) is 0 Å². The lowest BCUT2D eigenvalue weighted by Gasteiger charge is -2.19. The maximum Gasteiger partial charge on any atom is 0.0462 e. The molecule has 1 saturated carbocycles. The van der Waals surface area contributed by atoms with Gasteiger partial charge in [-0.1, -0.05) is 0 Å². The Morgan fingerprint density at radius 2 is 2.20 bits per heavy atom. The van der Waals surface area contributed by atoms with Crippen LogP contribution in [0.25, 0.3) is 0 Å². The molecule has 1 rings (SSSR count). The molecule has 2 heteroatoms. The molecule has 1 aliphatic rings. The molecule has 0 aromatic heterocycles. The molecule has 10 heavy (non-hydrogen) atoms. The van der Waals surface area contributed by atoms with Crippen LogP contribution < -0.4 is 0 Å². The zero-order chi connectivity index (χ0) is 7.72. The van der Waals surface area contributed by atoms with Crippen LogP contribution in [0, 0.1) is 11.8 Å². The molecule has 0 bridgehead atoms. The van der Waals surface area contributed by atoms with Gasteiger partial charge in [-0.05, 0) is 39.3 Å². The maximum atomic E-state index is 8.79. The molecular weight excluding hydrogens is 126 g/mol. The van der Waals surface area contributed by atoms with Gasteiger partial charge in [0.2, 0.25) is 0 Å². The molecule has 3 atom stereocenters. The Hall–Kier alpha value is -0.0800. The first-order valence-electron chi connectivity index (χ1n) is 3.94. The fourth-order valence-electron chi connectivity index (χ4n) is 1.45. The quantitative estimate of drug-likeness (QED) is 0.624. The van der Waals surface area contributed by atoms with Crippen LogP contribution in [0.1, 0.15) is 13.3 Å². The van der Waals surface area contributed by atoms with Gasteiger partial charge in [-0.25, -0.2) is 0 Å². The highest BCUT2D eigenvalue weighted by Gasteiger charge is 2.40. The predicted molar refractivity (Wildman–Crippen MR) is 41.8 cm³/mol. The summed E-state index contributed by atoms with van der Waals surface area (Å²) in [5, 5.41) is 8.79. The van der Waals surface area contributed by atoms with Crippen LogP contribution in [0.4, 0.5) is 0 Å². The van der Waals surface area contributed by atoms with Crippen molar-refractivity contribution in [2.45, 2.75) is 19.4 Å². The van der Waals surface area contributed by atoms with Gasteiger partial charge >= 0.3 is 0 Å². The average Bonchev–Trinajstić information content (AvgIpc) is 2.64. The first kappa shape index (κ1) is 8.02. The van der Waals surface area contributed by atoms with Crippen molar-refractivity contribution in [2.75, 3.05) is 20.7 Å². The number of aliphatic hydroxyl groups excluding tert-OH is 1. The first-order valence-corrected chi connectivity index (χ1v) is 3.94. The molecule has 2 unspecified atom stereocenters. The van der Waals surface area contributed by atoms with E-state index in [1.165, 1.54) is 6.42 Å². The Kier molecular flexibility index (Phi) is 2.32. The molecule has 1 fully saturated rings. The number of hydrogen-bond donors (Lipinski definition) is 1. The van der Waals surface area contributed by atoms with Crippen molar-refractivity contribution >= 4 is 0 Å². The molecule has 0 heterocycles. The van der Waals surface area contributed by atoms with Crippen LogP contribution in [0.3, 0.4) is 0 Å². The van der Waals surface area contributed by atoms with Crippen molar-refractivity contribution in [3.63, 3.8) is 0 Å². The normalized spacial score (nSPS) is 34.5. The summed E-state index contributed by atoms with van der Waals surface area (Å²) in [6.45, 7) is 2.60. The Morgan fingerprint density at radius 3 is 2.50 bits per heavy atom. The van der Waals surface area contributed by atoms with Crippen molar-refractivity contribution < 1.29 is 5.11 Å². The average molecular weight is 143 g/mol. The van der Waals surface area contributed by atoms with Gasteiger partial charge in [-0.2, -0.15) is 0 Å². The second kappa shape index (κ2) is 2.89. The van der Waals surface area contributed by atoms with E-state index in [0.29, 0.717) is 18.6 Å². The van der Waals surface area contributed by atoms with Crippen molar-refractivity contribution in [2.24, 2.45) is 11.8 Å². The van der Waals surface area contributed by atoms with Crippen LogP contribution >= 0.6 is 0 Å². The predicted octanol–water partition coefficient (Wildman–Crippen LogP) is 0.565. The summed E-state index contributed by atoms with van der Waals surface area (Å²) in [7, 11) is 4.19. The van der Waals surface area contributed by atoms with Gasteiger partial charge in [0, 0.05) is 12.6 Å². The minimum Gasteiger partial charge on any atom is -0.396 e. The van der Waals surface area contributed by atoms with Crippen LogP contribution in [0.2, 0.25) is 0 Å². The van der Waals surface area contributed by atoms with E-state index in [4.69, 9.17) is 5.11 Å². The smallest absolute Gasteiger partial charge is 0.0462 e. The Morgan fingerprint density at radius 1 is 1.60 bits per heavy atom. The highest BCUT2D eigenvalue weighted by molar-refractivity contribution is 4.92. The summed E-state index contributed by atoms with van der Waals surface area (Å²) < 4.78 is 0. The molecule has 0 aromatic carbocycles. The summed E-state index contributed by atoms with van der Waals surface area (Å²) in [4.78, 5) is 2.22. The third-order valence-electron chi connectivity index (χ3n) is 2.65. The maximum absolute atomic E-state index is 8.79. The molecule has 2 nitrogen and oxygen atoms in total. The number of aliphatic hydroxyl groups is 1. The number of nitrogens with zero attached hydrogens (tertiary/aromatic N) is 1. The first-order chi connectivity index (χ1) is 4.66. The lowest BCUT2D eigenvalue weighted by Crippen LogP contribution is -2.27. The molecule has 0 amide bonds. The zero-order valence-electron chi connectivity index (χ0n) is 7.04. The lowest BCUT2D eigenvalue weighted by molar-refractivity contribution is 0.232. The number of hydrogen-bond acceptors (Lipinski definition) is 2. The Labute approximate surface area is 62.8 Å². The van der Waals surface area contributed by atoms with Gasteiger partial charge in [0.15, 0.2) is 0 Å². The molecule has 60 valence electrons. The van der Waals surface area contributed by atoms with Crippen LogP contribution in [0.5, 0.6) is 0 Å². The van der Waals surface area contributed by atoms with Crippen LogP contribution in [0.15, 0.2) is 0 Å². The summed E-state index contributed by atoms with van der Waals surface area (Å²) in [6.07, 6.45) is 1.22. The minimum absolute atomic E-state index is 0.378. The third kappa shape index (κ3) is 1.50. The summed E-state index contributed by atoms with van der Waals surface area (Å²) in [6, 6.07) is 0.636. The highest BCUT2D eigenvalue weighted by Crippen LogP contribution is 2.41. The second-order valence-electron chi connectivity index (χ2n) is 3.55. The van der Waals surface area contributed by atoms with Gasteiger partial charge in [0.25, 0.3) is 0 Å². The van der Waals surface area contributed by atoms with Crippen molar-refractivity contribution in [1.82, 2.24) is 4.90 Å². The Balaban J connectivity index is 2.25. The summed E-state index contributed by atoms with van der Waals surface area (Å²) in [5.41, 5.74) is 0. The topological polar surface area (TPSA) is 23.5 Å². The van der Waals surface area contributed by atoms with E-state index in [-0.39, 0.29) is 0 Å². The lowest BCUT2D eigenvalue weighted by atomic mass is 10.1. The largest absolute Gasteiger partial charge is 0.396 e. The van der Waals surface area contributed by atoms with E-state index in [1.54, 1.807) is 0 Å². The third-order valence-corrected chi connectivity index (χ3v) is 2.65. The molecule has 0 aromatic rings. The summed E-state index contributed by atoms with van der Waals surface area (Å²) >= 11 is 0. The van der Waals surface area contributed by atoms with Crippen molar-refractivity contribution in [3.8, 4) is 0 Å². The van der Waals surface area contributed by atoms with E-state index in [9.17, 15) is 0 Å². The van der Waals surface area contributed by atoms with Crippen molar-refractivity contribution in [3.05, 3.63) is 0 Å². The van der Waals surface area contributed by atoms with E-state index >= 15 is 0 Å². The summed E-state index contributed by atoms with van der Waals surface area (Å²) in [5.74, 6) is 1.34. The fourth-order valence-corrected chi connectivity index (χ4v) is 1.45. The molecule has 1 N–H and O–H groups in total. The van der Waals surface area contributed by atoms with Crippen LogP contribution in [-0.4, -0.2) is 36.8 Å². The van der Waals surface area contributed by atoms with Gasteiger partial charge in [0.05, 0.1) is 0 Å². The van der Waals surface area contributed by atoms with Crippen LogP contribution in [-0.2, 0) is 0 Å². The molecule has 0 aliphatic heterocycles. The van der Waals surface area contributed by atoms with Gasteiger partial charge < -0.3 is 10.0 Å². The Bertz CT molecular complexity index is 114. The van der Waals surface area contributed by atoms with E-state index < -0.39 is 0 Å². The van der Waals surface area contributed by atoms with Gasteiger partial charge in [0.1, 0.15) is 0 Å². The minimum atomic E-state index is 0.378. The molecule has 1 aliphatic carbocycles. The molecule has 0 saturated heterocycles.